The average Bonchev–Trinajstić information content (AvgIpc) is 2.52. The lowest BCUT2D eigenvalue weighted by molar-refractivity contribution is 0.0614. The molecule has 110 valence electrons. The van der Waals surface area contributed by atoms with Gasteiger partial charge in [-0.15, -0.1) is 0 Å². The second-order valence-electron chi connectivity index (χ2n) is 5.16. The largest absolute Gasteiger partial charge is 0.396 e. The predicted octanol–water partition coefficient (Wildman–Crippen LogP) is 1.14. The summed E-state index contributed by atoms with van der Waals surface area (Å²) in [6.45, 7) is 4.38. The molecule has 1 atom stereocenters. The van der Waals surface area contributed by atoms with Gasteiger partial charge < -0.3 is 15.3 Å². The lowest BCUT2D eigenvalue weighted by Gasteiger charge is -2.31. The van der Waals surface area contributed by atoms with Crippen LogP contribution in [0, 0.1) is 5.92 Å². The fraction of sp³-hybridized carbons (Fsp3) is 0.643. The molecule has 1 aromatic heterocycles. The minimum Gasteiger partial charge on any atom is -0.396 e. The van der Waals surface area contributed by atoms with Crippen molar-refractivity contribution >= 4 is 11.7 Å². The normalized spacial score (nSPS) is 18.9. The third-order valence-electron chi connectivity index (χ3n) is 3.49. The molecule has 0 saturated carbocycles. The predicted molar refractivity (Wildman–Crippen MR) is 76.5 cm³/mol. The third kappa shape index (κ3) is 3.66. The highest BCUT2D eigenvalue weighted by Crippen LogP contribution is 2.17. The van der Waals surface area contributed by atoms with Crippen molar-refractivity contribution in [3.8, 4) is 0 Å². The number of aromatic nitrogens is 2. The van der Waals surface area contributed by atoms with E-state index < -0.39 is 0 Å². The molecule has 1 saturated heterocycles. The molecule has 0 aliphatic carbocycles. The number of aliphatic hydroxyl groups excluding tert-OH is 1. The number of rotatable bonds is 5. The second-order valence-corrected chi connectivity index (χ2v) is 5.16. The number of piperidine rings is 1. The molecule has 0 aromatic carbocycles. The molecule has 6 nitrogen and oxygen atoms in total. The van der Waals surface area contributed by atoms with Gasteiger partial charge in [0.25, 0.3) is 5.91 Å². The van der Waals surface area contributed by atoms with Gasteiger partial charge in [-0.2, -0.15) is 0 Å². The molecule has 2 rings (SSSR count). The van der Waals surface area contributed by atoms with Gasteiger partial charge in [0.15, 0.2) is 0 Å². The van der Waals surface area contributed by atoms with Crippen LogP contribution in [0.1, 0.15) is 36.7 Å². The van der Waals surface area contributed by atoms with E-state index in [0.717, 1.165) is 32.4 Å². The molecule has 6 heteroatoms. The van der Waals surface area contributed by atoms with E-state index >= 15 is 0 Å². The Labute approximate surface area is 119 Å². The van der Waals surface area contributed by atoms with Crippen molar-refractivity contribution in [3.63, 3.8) is 0 Å². The van der Waals surface area contributed by atoms with Crippen LogP contribution < -0.4 is 5.32 Å². The first kappa shape index (κ1) is 14.7. The SMILES string of the molecule is CCCNc1cnc(C(=O)N2CCCC(CO)C2)cn1. The molecule has 1 unspecified atom stereocenters. The first-order valence-electron chi connectivity index (χ1n) is 7.20. The highest BCUT2D eigenvalue weighted by atomic mass is 16.3. The van der Waals surface area contributed by atoms with Gasteiger partial charge in [-0.1, -0.05) is 6.92 Å². The molecule has 0 radical (unpaired) electrons. The minimum atomic E-state index is -0.0994. The van der Waals surface area contributed by atoms with Crippen LogP contribution >= 0.6 is 0 Å². The number of likely N-dealkylation sites (tertiary alicyclic amines) is 1. The monoisotopic (exact) mass is 278 g/mol. The molecule has 1 aliphatic heterocycles. The first-order valence-corrected chi connectivity index (χ1v) is 7.20. The van der Waals surface area contributed by atoms with E-state index in [0.29, 0.717) is 18.1 Å². The molecular weight excluding hydrogens is 256 g/mol. The van der Waals surface area contributed by atoms with Gasteiger partial charge in [0.05, 0.1) is 12.4 Å². The highest BCUT2D eigenvalue weighted by Gasteiger charge is 2.24. The maximum atomic E-state index is 12.3. The maximum absolute atomic E-state index is 12.3. The van der Waals surface area contributed by atoms with Gasteiger partial charge in [-0.05, 0) is 25.2 Å². The van der Waals surface area contributed by atoms with Crippen LogP contribution in [0.2, 0.25) is 0 Å². The van der Waals surface area contributed by atoms with Crippen molar-refractivity contribution in [1.29, 1.82) is 0 Å². The molecule has 0 spiro atoms. The van der Waals surface area contributed by atoms with Crippen LogP contribution in [0.15, 0.2) is 12.4 Å². The van der Waals surface area contributed by atoms with Crippen molar-refractivity contribution in [3.05, 3.63) is 18.1 Å². The standard InChI is InChI=1S/C14H22N4O2/c1-2-5-15-13-8-16-12(7-17-13)14(20)18-6-3-4-11(9-18)10-19/h7-8,11,19H,2-6,9-10H2,1H3,(H,15,17). The molecule has 1 aliphatic rings. The number of amides is 1. The van der Waals surface area contributed by atoms with Crippen LogP contribution in [0.4, 0.5) is 5.82 Å². The van der Waals surface area contributed by atoms with E-state index in [1.807, 2.05) is 0 Å². The van der Waals surface area contributed by atoms with Crippen LogP contribution in [0.3, 0.4) is 0 Å². The summed E-state index contributed by atoms with van der Waals surface area (Å²) in [6, 6.07) is 0. The topological polar surface area (TPSA) is 78.4 Å². The molecule has 1 fully saturated rings. The van der Waals surface area contributed by atoms with E-state index in [-0.39, 0.29) is 18.4 Å². The van der Waals surface area contributed by atoms with Gasteiger partial charge in [-0.25, -0.2) is 9.97 Å². The van der Waals surface area contributed by atoms with Crippen molar-refractivity contribution in [1.82, 2.24) is 14.9 Å². The first-order chi connectivity index (χ1) is 9.74. The summed E-state index contributed by atoms with van der Waals surface area (Å²) in [5, 5.41) is 12.3. The average molecular weight is 278 g/mol. The molecule has 20 heavy (non-hydrogen) atoms. The summed E-state index contributed by atoms with van der Waals surface area (Å²) in [5.74, 6) is 0.777. The number of carbonyl (C=O) groups is 1. The fourth-order valence-electron chi connectivity index (χ4n) is 2.34. The van der Waals surface area contributed by atoms with Crippen molar-refractivity contribution < 1.29 is 9.90 Å². The third-order valence-corrected chi connectivity index (χ3v) is 3.49. The zero-order valence-corrected chi connectivity index (χ0v) is 11.9. The Morgan fingerprint density at radius 1 is 1.50 bits per heavy atom. The molecule has 0 bridgehead atoms. The summed E-state index contributed by atoms with van der Waals surface area (Å²) >= 11 is 0. The Hall–Kier alpha value is -1.69. The van der Waals surface area contributed by atoms with Crippen molar-refractivity contribution in [2.45, 2.75) is 26.2 Å². The number of anilines is 1. The number of hydrogen-bond acceptors (Lipinski definition) is 5. The molecular formula is C14H22N4O2. The Kier molecular flexibility index (Phi) is 5.29. The van der Waals surface area contributed by atoms with Gasteiger partial charge in [0, 0.05) is 26.2 Å². The van der Waals surface area contributed by atoms with E-state index in [2.05, 4.69) is 22.2 Å². The van der Waals surface area contributed by atoms with Gasteiger partial charge in [0.2, 0.25) is 0 Å². The lowest BCUT2D eigenvalue weighted by atomic mass is 9.99. The summed E-state index contributed by atoms with van der Waals surface area (Å²) in [6.07, 6.45) is 6.03. The Morgan fingerprint density at radius 2 is 2.35 bits per heavy atom. The number of nitrogens with zero attached hydrogens (tertiary/aromatic N) is 3. The van der Waals surface area contributed by atoms with Crippen LogP contribution in [0.25, 0.3) is 0 Å². The van der Waals surface area contributed by atoms with Gasteiger partial charge >= 0.3 is 0 Å². The molecule has 2 heterocycles. The Balaban J connectivity index is 1.98. The van der Waals surface area contributed by atoms with E-state index in [1.165, 1.54) is 6.20 Å². The Morgan fingerprint density at radius 3 is 3.00 bits per heavy atom. The molecule has 1 aromatic rings. The molecule has 1 amide bonds. The Bertz CT molecular complexity index is 435. The molecule has 2 N–H and O–H groups in total. The smallest absolute Gasteiger partial charge is 0.274 e. The lowest BCUT2D eigenvalue weighted by Crippen LogP contribution is -2.41. The van der Waals surface area contributed by atoms with E-state index in [1.54, 1.807) is 11.1 Å². The van der Waals surface area contributed by atoms with Crippen LogP contribution in [-0.2, 0) is 0 Å². The fourth-order valence-corrected chi connectivity index (χ4v) is 2.34. The van der Waals surface area contributed by atoms with Crippen LogP contribution in [0.5, 0.6) is 0 Å². The van der Waals surface area contributed by atoms with Gasteiger partial charge in [0.1, 0.15) is 11.5 Å². The number of hydrogen-bond donors (Lipinski definition) is 2. The second kappa shape index (κ2) is 7.19. The zero-order valence-electron chi connectivity index (χ0n) is 11.9. The number of nitrogens with one attached hydrogen (secondary N) is 1. The van der Waals surface area contributed by atoms with E-state index in [4.69, 9.17) is 0 Å². The summed E-state index contributed by atoms with van der Waals surface area (Å²) in [4.78, 5) is 22.4. The maximum Gasteiger partial charge on any atom is 0.274 e. The summed E-state index contributed by atoms with van der Waals surface area (Å²) < 4.78 is 0. The number of carbonyl (C=O) groups excluding carboxylic acids is 1. The quantitative estimate of drug-likeness (QED) is 0.844. The van der Waals surface area contributed by atoms with Crippen molar-refractivity contribution in [2.24, 2.45) is 5.92 Å². The van der Waals surface area contributed by atoms with E-state index in [9.17, 15) is 9.90 Å². The number of aliphatic hydroxyl groups is 1. The summed E-state index contributed by atoms with van der Waals surface area (Å²) in [7, 11) is 0. The highest BCUT2D eigenvalue weighted by molar-refractivity contribution is 5.92. The zero-order chi connectivity index (χ0) is 14.4. The minimum absolute atomic E-state index is 0.0994. The van der Waals surface area contributed by atoms with Crippen LogP contribution in [-0.4, -0.2) is 52.1 Å². The van der Waals surface area contributed by atoms with Gasteiger partial charge in [-0.3, -0.25) is 4.79 Å². The summed E-state index contributed by atoms with van der Waals surface area (Å²) in [5.41, 5.74) is 0.366. The van der Waals surface area contributed by atoms with Crippen molar-refractivity contribution in [2.75, 3.05) is 31.6 Å².